The summed E-state index contributed by atoms with van der Waals surface area (Å²) >= 11 is 0. The summed E-state index contributed by atoms with van der Waals surface area (Å²) in [5.41, 5.74) is 0. The van der Waals surface area contributed by atoms with Crippen LogP contribution in [0.15, 0.2) is 0 Å². The molecule has 1 fully saturated rings. The van der Waals surface area contributed by atoms with Gasteiger partial charge in [0.1, 0.15) is 6.17 Å². The number of likely N-dealkylation sites (tertiary alicyclic amines) is 1. The average Bonchev–Trinajstić information content (AvgIpc) is 2.01. The number of nitrogens with zero attached hydrogens (tertiary/aromatic N) is 1. The second kappa shape index (κ2) is 4.67. The summed E-state index contributed by atoms with van der Waals surface area (Å²) in [5.74, 6) is 0. The van der Waals surface area contributed by atoms with Gasteiger partial charge in [-0.1, -0.05) is 0 Å². The molecule has 3 heteroatoms. The maximum atomic E-state index is 12.8. The molecule has 2 nitrogen and oxygen atoms in total. The first-order chi connectivity index (χ1) is 5.33. The summed E-state index contributed by atoms with van der Waals surface area (Å²) < 4.78 is 12.8. The zero-order valence-electron chi connectivity index (χ0n) is 7.15. The van der Waals surface area contributed by atoms with Crippen molar-refractivity contribution >= 4 is 0 Å². The van der Waals surface area contributed by atoms with Crippen LogP contribution in [0, 0.1) is 0 Å². The van der Waals surface area contributed by atoms with Crippen molar-refractivity contribution in [3.63, 3.8) is 0 Å². The molecule has 66 valence electrons. The molecular weight excluding hydrogens is 143 g/mol. The van der Waals surface area contributed by atoms with Gasteiger partial charge in [-0.15, -0.1) is 0 Å². The molecule has 1 heterocycles. The second-order valence-electron chi connectivity index (χ2n) is 3.14. The number of piperidine rings is 1. The Bertz CT molecular complexity index is 108. The van der Waals surface area contributed by atoms with Gasteiger partial charge < -0.3 is 5.32 Å². The number of hydrogen-bond acceptors (Lipinski definition) is 2. The molecule has 0 aromatic carbocycles. The maximum Gasteiger partial charge on any atom is 0.113 e. The molecule has 1 atom stereocenters. The van der Waals surface area contributed by atoms with E-state index in [1.807, 2.05) is 7.05 Å². The molecule has 1 rings (SSSR count). The van der Waals surface area contributed by atoms with E-state index < -0.39 is 6.17 Å². The van der Waals surface area contributed by atoms with E-state index in [4.69, 9.17) is 0 Å². The average molecular weight is 160 g/mol. The van der Waals surface area contributed by atoms with Gasteiger partial charge in [0.15, 0.2) is 0 Å². The number of likely N-dealkylation sites (N-methyl/N-ethyl adjacent to an activating group) is 1. The minimum Gasteiger partial charge on any atom is -0.318 e. The summed E-state index contributed by atoms with van der Waals surface area (Å²) in [6.07, 6.45) is 1.20. The third-order valence-electron chi connectivity index (χ3n) is 2.13. The van der Waals surface area contributed by atoms with Gasteiger partial charge in [-0.25, -0.2) is 4.39 Å². The molecule has 1 saturated heterocycles. The molecule has 0 radical (unpaired) electrons. The highest BCUT2D eigenvalue weighted by Crippen LogP contribution is 2.11. The maximum absolute atomic E-state index is 12.8. The largest absolute Gasteiger partial charge is 0.318 e. The number of halogens is 1. The molecule has 0 aromatic heterocycles. The van der Waals surface area contributed by atoms with E-state index in [9.17, 15) is 4.39 Å². The Hall–Kier alpha value is -0.150. The van der Waals surface area contributed by atoms with Gasteiger partial charge in [0, 0.05) is 19.6 Å². The molecule has 1 N–H and O–H groups in total. The van der Waals surface area contributed by atoms with Crippen molar-refractivity contribution in [2.75, 3.05) is 33.2 Å². The van der Waals surface area contributed by atoms with E-state index in [1.165, 1.54) is 0 Å². The zero-order chi connectivity index (χ0) is 8.10. The van der Waals surface area contributed by atoms with Gasteiger partial charge in [-0.2, -0.15) is 0 Å². The second-order valence-corrected chi connectivity index (χ2v) is 3.14. The highest BCUT2D eigenvalue weighted by molar-refractivity contribution is 4.72. The normalized spacial score (nSPS) is 27.3. The standard InChI is InChI=1S/C8H17FN2/c1-10-4-6-11-5-2-3-8(9)7-11/h8,10H,2-7H2,1H3. The van der Waals surface area contributed by atoms with Gasteiger partial charge in [-0.3, -0.25) is 4.90 Å². The van der Waals surface area contributed by atoms with Crippen LogP contribution in [0.3, 0.4) is 0 Å². The Morgan fingerprint density at radius 1 is 1.64 bits per heavy atom. The lowest BCUT2D eigenvalue weighted by atomic mass is 10.1. The van der Waals surface area contributed by atoms with Crippen molar-refractivity contribution < 1.29 is 4.39 Å². The number of rotatable bonds is 3. The zero-order valence-corrected chi connectivity index (χ0v) is 7.15. The van der Waals surface area contributed by atoms with Crippen LogP contribution < -0.4 is 5.32 Å². The van der Waals surface area contributed by atoms with Gasteiger partial charge in [0.2, 0.25) is 0 Å². The summed E-state index contributed by atoms with van der Waals surface area (Å²) in [4.78, 5) is 2.19. The van der Waals surface area contributed by atoms with Crippen LogP contribution in [0.2, 0.25) is 0 Å². The Labute approximate surface area is 67.8 Å². The fraction of sp³-hybridized carbons (Fsp3) is 1.00. The van der Waals surface area contributed by atoms with Crippen molar-refractivity contribution in [2.45, 2.75) is 19.0 Å². The van der Waals surface area contributed by atoms with Crippen LogP contribution in [-0.2, 0) is 0 Å². The Balaban J connectivity index is 2.12. The predicted molar refractivity (Wildman–Crippen MR) is 44.5 cm³/mol. The van der Waals surface area contributed by atoms with Crippen LogP contribution >= 0.6 is 0 Å². The first kappa shape index (κ1) is 8.94. The van der Waals surface area contributed by atoms with Crippen molar-refractivity contribution in [1.29, 1.82) is 0 Å². The number of hydrogen-bond donors (Lipinski definition) is 1. The highest BCUT2D eigenvalue weighted by atomic mass is 19.1. The Morgan fingerprint density at radius 3 is 3.09 bits per heavy atom. The van der Waals surface area contributed by atoms with Gasteiger partial charge >= 0.3 is 0 Å². The minimum atomic E-state index is -0.583. The number of nitrogens with one attached hydrogen (secondary N) is 1. The van der Waals surface area contributed by atoms with E-state index in [1.54, 1.807) is 0 Å². The topological polar surface area (TPSA) is 15.3 Å². The van der Waals surface area contributed by atoms with Crippen LogP contribution in [-0.4, -0.2) is 44.3 Å². The van der Waals surface area contributed by atoms with Crippen molar-refractivity contribution in [3.8, 4) is 0 Å². The van der Waals surface area contributed by atoms with E-state index >= 15 is 0 Å². The van der Waals surface area contributed by atoms with Crippen LogP contribution in [0.4, 0.5) is 4.39 Å². The van der Waals surface area contributed by atoms with E-state index in [2.05, 4.69) is 10.2 Å². The van der Waals surface area contributed by atoms with Crippen LogP contribution in [0.25, 0.3) is 0 Å². The predicted octanol–water partition coefficient (Wildman–Crippen LogP) is 0.640. The Morgan fingerprint density at radius 2 is 2.45 bits per heavy atom. The number of alkyl halides is 1. The third-order valence-corrected chi connectivity index (χ3v) is 2.13. The minimum absolute atomic E-state index is 0.583. The first-order valence-electron chi connectivity index (χ1n) is 4.34. The lowest BCUT2D eigenvalue weighted by molar-refractivity contribution is 0.140. The van der Waals surface area contributed by atoms with Crippen molar-refractivity contribution in [1.82, 2.24) is 10.2 Å². The summed E-state index contributed by atoms with van der Waals surface area (Å²) in [7, 11) is 1.93. The monoisotopic (exact) mass is 160 g/mol. The molecule has 0 aliphatic carbocycles. The molecule has 1 unspecified atom stereocenters. The summed E-state index contributed by atoms with van der Waals surface area (Å²) in [6.45, 7) is 3.66. The van der Waals surface area contributed by atoms with E-state index in [0.717, 1.165) is 32.5 Å². The molecule has 11 heavy (non-hydrogen) atoms. The van der Waals surface area contributed by atoms with Crippen LogP contribution in [0.5, 0.6) is 0 Å². The van der Waals surface area contributed by atoms with Gasteiger partial charge in [0.25, 0.3) is 0 Å². The molecule has 1 aliphatic heterocycles. The summed E-state index contributed by atoms with van der Waals surface area (Å²) in [5, 5.41) is 3.07. The van der Waals surface area contributed by atoms with Crippen molar-refractivity contribution in [3.05, 3.63) is 0 Å². The van der Waals surface area contributed by atoms with E-state index in [0.29, 0.717) is 6.54 Å². The lowest BCUT2D eigenvalue weighted by Gasteiger charge is -2.28. The van der Waals surface area contributed by atoms with Crippen molar-refractivity contribution in [2.24, 2.45) is 0 Å². The molecule has 0 saturated carbocycles. The molecule has 0 bridgehead atoms. The summed E-state index contributed by atoms with van der Waals surface area (Å²) in [6, 6.07) is 0. The Kier molecular flexibility index (Phi) is 3.80. The van der Waals surface area contributed by atoms with Gasteiger partial charge in [0.05, 0.1) is 0 Å². The quantitative estimate of drug-likeness (QED) is 0.651. The smallest absolute Gasteiger partial charge is 0.113 e. The third kappa shape index (κ3) is 3.16. The molecule has 0 amide bonds. The fourth-order valence-corrected chi connectivity index (χ4v) is 1.47. The van der Waals surface area contributed by atoms with E-state index in [-0.39, 0.29) is 0 Å². The SMILES string of the molecule is CNCCN1CCCC(F)C1. The van der Waals surface area contributed by atoms with Gasteiger partial charge in [-0.05, 0) is 26.4 Å². The molecule has 0 aromatic rings. The molecular formula is C8H17FN2. The van der Waals surface area contributed by atoms with Crippen LogP contribution in [0.1, 0.15) is 12.8 Å². The molecule has 1 aliphatic rings. The lowest BCUT2D eigenvalue weighted by Crippen LogP contribution is -2.39. The molecule has 0 spiro atoms. The fourth-order valence-electron chi connectivity index (χ4n) is 1.47. The first-order valence-corrected chi connectivity index (χ1v) is 4.34. The highest BCUT2D eigenvalue weighted by Gasteiger charge is 2.17.